The molecule has 1 amide bonds. The Morgan fingerprint density at radius 1 is 1.15 bits per heavy atom. The number of hydrogen-bond donors (Lipinski definition) is 3. The molecule has 1 fully saturated rings. The predicted molar refractivity (Wildman–Crippen MR) is 99.9 cm³/mol. The molecule has 0 atom stereocenters. The molecule has 26 heavy (non-hydrogen) atoms. The Labute approximate surface area is 151 Å². The molecule has 1 aliphatic heterocycles. The first kappa shape index (κ1) is 16.8. The molecule has 0 unspecified atom stereocenters. The summed E-state index contributed by atoms with van der Waals surface area (Å²) in [6, 6.07) is 13.5. The van der Waals surface area contributed by atoms with Crippen molar-refractivity contribution in [2.24, 2.45) is 0 Å². The van der Waals surface area contributed by atoms with Crippen LogP contribution in [0.3, 0.4) is 0 Å². The van der Waals surface area contributed by atoms with E-state index in [1.54, 1.807) is 23.7 Å². The minimum Gasteiger partial charge on any atom is -0.338 e. The molecule has 1 aromatic heterocycles. The number of carbonyl (C=O) groups is 1. The molecule has 1 aliphatic rings. The van der Waals surface area contributed by atoms with Crippen molar-refractivity contribution in [3.8, 4) is 11.4 Å². The third-order valence-corrected chi connectivity index (χ3v) is 4.90. The summed E-state index contributed by atoms with van der Waals surface area (Å²) < 4.78 is 0. The first-order valence-corrected chi connectivity index (χ1v) is 8.99. The number of hydroxylamine groups is 1. The van der Waals surface area contributed by atoms with E-state index < -0.39 is 5.91 Å². The van der Waals surface area contributed by atoms with Crippen LogP contribution < -0.4 is 5.48 Å². The molecule has 0 aliphatic carbocycles. The number of piperidine rings is 1. The topological polar surface area (TPSA) is 81.2 Å². The molecule has 6 nitrogen and oxygen atoms in total. The van der Waals surface area contributed by atoms with Gasteiger partial charge in [-0.15, -0.1) is 0 Å². The van der Waals surface area contributed by atoms with Crippen molar-refractivity contribution in [1.29, 1.82) is 0 Å². The van der Waals surface area contributed by atoms with Gasteiger partial charge in [0.05, 0.1) is 11.0 Å². The second kappa shape index (κ2) is 7.27. The van der Waals surface area contributed by atoms with Gasteiger partial charge in [0.1, 0.15) is 5.82 Å². The fraction of sp³-hybridized carbons (Fsp3) is 0.300. The van der Waals surface area contributed by atoms with Crippen molar-refractivity contribution >= 4 is 16.9 Å². The van der Waals surface area contributed by atoms with Crippen LogP contribution in [0.1, 0.15) is 35.2 Å². The van der Waals surface area contributed by atoms with E-state index in [2.05, 4.69) is 33.1 Å². The number of amides is 1. The lowest BCUT2D eigenvalue weighted by Gasteiger charge is -2.26. The summed E-state index contributed by atoms with van der Waals surface area (Å²) >= 11 is 0. The Morgan fingerprint density at radius 3 is 2.81 bits per heavy atom. The van der Waals surface area contributed by atoms with E-state index in [1.807, 2.05) is 6.07 Å². The van der Waals surface area contributed by atoms with E-state index >= 15 is 0 Å². The summed E-state index contributed by atoms with van der Waals surface area (Å²) in [5, 5.41) is 8.78. The van der Waals surface area contributed by atoms with Gasteiger partial charge in [0.15, 0.2) is 0 Å². The van der Waals surface area contributed by atoms with Gasteiger partial charge in [-0.05, 0) is 55.8 Å². The normalized spacial score (nSPS) is 15.3. The Hall–Kier alpha value is -2.70. The monoisotopic (exact) mass is 350 g/mol. The fourth-order valence-electron chi connectivity index (χ4n) is 3.54. The van der Waals surface area contributed by atoms with Gasteiger partial charge in [-0.1, -0.05) is 24.6 Å². The lowest BCUT2D eigenvalue weighted by molar-refractivity contribution is 0.0706. The van der Waals surface area contributed by atoms with Crippen molar-refractivity contribution in [1.82, 2.24) is 20.3 Å². The Morgan fingerprint density at radius 2 is 2.00 bits per heavy atom. The average molecular weight is 350 g/mol. The standard InChI is InChI=1S/C20H22N4O2/c25-20(23-26)16-7-8-17-18(12-16)22-19(21-17)15-6-4-5-14(11-15)13-24-9-2-1-3-10-24/h4-8,11-12,26H,1-3,9-10,13H2,(H,21,22)(H,23,25). The van der Waals surface area contributed by atoms with Gasteiger partial charge in [-0.3, -0.25) is 14.9 Å². The second-order valence-electron chi connectivity index (χ2n) is 6.80. The molecule has 2 aromatic carbocycles. The van der Waals surface area contributed by atoms with Crippen molar-refractivity contribution in [2.75, 3.05) is 13.1 Å². The molecule has 0 spiro atoms. The third-order valence-electron chi connectivity index (χ3n) is 4.90. The number of fused-ring (bicyclic) bond motifs is 1. The summed E-state index contributed by atoms with van der Waals surface area (Å²) in [6.45, 7) is 3.31. The largest absolute Gasteiger partial charge is 0.338 e. The van der Waals surface area contributed by atoms with E-state index in [1.165, 1.54) is 37.9 Å². The fourth-order valence-corrected chi connectivity index (χ4v) is 3.54. The molecule has 0 bridgehead atoms. The van der Waals surface area contributed by atoms with Gasteiger partial charge in [-0.25, -0.2) is 10.5 Å². The minimum atomic E-state index is -0.536. The first-order chi connectivity index (χ1) is 12.7. The maximum Gasteiger partial charge on any atom is 0.274 e. The van der Waals surface area contributed by atoms with Crippen LogP contribution >= 0.6 is 0 Å². The zero-order chi connectivity index (χ0) is 17.9. The predicted octanol–water partition coefficient (Wildman–Crippen LogP) is 3.33. The summed E-state index contributed by atoms with van der Waals surface area (Å²) in [5.41, 5.74) is 5.90. The number of hydrogen-bond acceptors (Lipinski definition) is 4. The van der Waals surface area contributed by atoms with Crippen LogP contribution in [0, 0.1) is 0 Å². The molecular weight excluding hydrogens is 328 g/mol. The van der Waals surface area contributed by atoms with Gasteiger partial charge in [0.25, 0.3) is 5.91 Å². The highest BCUT2D eigenvalue weighted by atomic mass is 16.5. The van der Waals surface area contributed by atoms with Gasteiger partial charge >= 0.3 is 0 Å². The molecule has 3 N–H and O–H groups in total. The number of nitrogens with zero attached hydrogens (tertiary/aromatic N) is 2. The van der Waals surface area contributed by atoms with Crippen LogP contribution in [0.25, 0.3) is 22.4 Å². The number of rotatable bonds is 4. The van der Waals surface area contributed by atoms with Crippen molar-refractivity contribution in [2.45, 2.75) is 25.8 Å². The van der Waals surface area contributed by atoms with Crippen LogP contribution in [0.15, 0.2) is 42.5 Å². The number of aromatic amines is 1. The summed E-state index contributed by atoms with van der Waals surface area (Å²) in [5.74, 6) is 0.244. The lowest BCUT2D eigenvalue weighted by Crippen LogP contribution is -2.29. The Kier molecular flexibility index (Phi) is 4.69. The van der Waals surface area contributed by atoms with Gasteiger partial charge in [0.2, 0.25) is 0 Å². The number of nitrogens with one attached hydrogen (secondary N) is 2. The summed E-state index contributed by atoms with van der Waals surface area (Å²) in [6.07, 6.45) is 3.91. The molecule has 0 saturated carbocycles. The number of H-pyrrole nitrogens is 1. The molecule has 3 aromatic rings. The van der Waals surface area contributed by atoms with Crippen molar-refractivity contribution in [3.05, 3.63) is 53.6 Å². The maximum absolute atomic E-state index is 11.6. The van der Waals surface area contributed by atoms with Gasteiger partial charge < -0.3 is 4.98 Å². The molecule has 2 heterocycles. The van der Waals surface area contributed by atoms with Crippen LogP contribution in [0.4, 0.5) is 0 Å². The van der Waals surface area contributed by atoms with E-state index in [0.29, 0.717) is 5.56 Å². The van der Waals surface area contributed by atoms with Gasteiger partial charge in [0, 0.05) is 17.7 Å². The highest BCUT2D eigenvalue weighted by Crippen LogP contribution is 2.23. The highest BCUT2D eigenvalue weighted by Gasteiger charge is 2.12. The van der Waals surface area contributed by atoms with E-state index in [9.17, 15) is 4.79 Å². The Bertz CT molecular complexity index is 928. The van der Waals surface area contributed by atoms with E-state index in [4.69, 9.17) is 5.21 Å². The number of imidazole rings is 1. The SMILES string of the molecule is O=C(NO)c1ccc2nc(-c3cccc(CN4CCCCC4)c3)[nH]c2c1. The molecule has 0 radical (unpaired) electrons. The van der Waals surface area contributed by atoms with E-state index in [0.717, 1.165) is 29.0 Å². The maximum atomic E-state index is 11.6. The summed E-state index contributed by atoms with van der Waals surface area (Å²) in [4.78, 5) is 22.0. The highest BCUT2D eigenvalue weighted by molar-refractivity contribution is 5.97. The summed E-state index contributed by atoms with van der Waals surface area (Å²) in [7, 11) is 0. The van der Waals surface area contributed by atoms with Crippen LogP contribution in [-0.2, 0) is 6.54 Å². The molecule has 134 valence electrons. The zero-order valence-electron chi connectivity index (χ0n) is 14.5. The molecule has 4 rings (SSSR count). The third kappa shape index (κ3) is 3.47. The molecular formula is C20H22N4O2. The number of benzene rings is 2. The number of aromatic nitrogens is 2. The van der Waals surface area contributed by atoms with Crippen molar-refractivity contribution < 1.29 is 10.0 Å². The Balaban J connectivity index is 1.60. The lowest BCUT2D eigenvalue weighted by atomic mass is 10.1. The smallest absolute Gasteiger partial charge is 0.274 e. The molecule has 1 saturated heterocycles. The second-order valence-corrected chi connectivity index (χ2v) is 6.80. The zero-order valence-corrected chi connectivity index (χ0v) is 14.5. The minimum absolute atomic E-state index is 0.383. The van der Waals surface area contributed by atoms with Crippen LogP contribution in [-0.4, -0.2) is 39.1 Å². The number of carbonyl (C=O) groups excluding carboxylic acids is 1. The molecule has 6 heteroatoms. The van der Waals surface area contributed by atoms with Crippen LogP contribution in [0.5, 0.6) is 0 Å². The van der Waals surface area contributed by atoms with Gasteiger partial charge in [-0.2, -0.15) is 0 Å². The average Bonchev–Trinajstić information content (AvgIpc) is 3.12. The first-order valence-electron chi connectivity index (χ1n) is 8.99. The van der Waals surface area contributed by atoms with Crippen LogP contribution in [0.2, 0.25) is 0 Å². The number of likely N-dealkylation sites (tertiary alicyclic amines) is 1. The quantitative estimate of drug-likeness (QED) is 0.498. The van der Waals surface area contributed by atoms with E-state index in [-0.39, 0.29) is 0 Å². The van der Waals surface area contributed by atoms with Crippen molar-refractivity contribution in [3.63, 3.8) is 0 Å².